The van der Waals surface area contributed by atoms with Gasteiger partial charge in [0.2, 0.25) is 0 Å². The molecular formula is C20H28O3. The topological polar surface area (TPSA) is 54.4 Å². The van der Waals surface area contributed by atoms with E-state index in [1.807, 2.05) is 6.92 Å². The van der Waals surface area contributed by atoms with Crippen LogP contribution in [0.1, 0.15) is 65.2 Å². The van der Waals surface area contributed by atoms with Gasteiger partial charge in [0.05, 0.1) is 5.41 Å². The smallest absolute Gasteiger partial charge is 0.309 e. The highest BCUT2D eigenvalue weighted by molar-refractivity contribution is 6.03. The van der Waals surface area contributed by atoms with Crippen LogP contribution in [-0.2, 0) is 9.59 Å². The molecule has 3 nitrogen and oxygen atoms in total. The summed E-state index contributed by atoms with van der Waals surface area (Å²) < 4.78 is 0. The Kier molecular flexibility index (Phi) is 3.01. The van der Waals surface area contributed by atoms with Crippen molar-refractivity contribution in [2.75, 3.05) is 0 Å². The monoisotopic (exact) mass is 316 g/mol. The SMILES string of the molecule is C=C1C(=O)[C@@]23CC[C@H]4[C@@](C)(CCC[C@]4(C)C(=O)O)[C@@H]2CC[C@H]1C3. The van der Waals surface area contributed by atoms with Crippen LogP contribution < -0.4 is 0 Å². The summed E-state index contributed by atoms with van der Waals surface area (Å²) in [6.45, 7) is 8.36. The summed E-state index contributed by atoms with van der Waals surface area (Å²) in [7, 11) is 0. The highest BCUT2D eigenvalue weighted by atomic mass is 16.4. The molecular weight excluding hydrogens is 288 g/mol. The summed E-state index contributed by atoms with van der Waals surface area (Å²) in [5.74, 6) is 0.645. The number of carboxylic acid groups (broad SMARTS) is 1. The zero-order valence-electron chi connectivity index (χ0n) is 14.4. The Balaban J connectivity index is 1.79. The van der Waals surface area contributed by atoms with Gasteiger partial charge in [0.15, 0.2) is 5.78 Å². The van der Waals surface area contributed by atoms with E-state index in [4.69, 9.17) is 0 Å². The van der Waals surface area contributed by atoms with Gasteiger partial charge in [-0.25, -0.2) is 0 Å². The van der Waals surface area contributed by atoms with Crippen LogP contribution in [0.25, 0.3) is 0 Å². The van der Waals surface area contributed by atoms with Gasteiger partial charge < -0.3 is 5.11 Å². The van der Waals surface area contributed by atoms with Gasteiger partial charge in [0.25, 0.3) is 0 Å². The predicted molar refractivity (Wildman–Crippen MR) is 87.8 cm³/mol. The largest absolute Gasteiger partial charge is 0.481 e. The Bertz CT molecular complexity index is 608. The summed E-state index contributed by atoms with van der Waals surface area (Å²) >= 11 is 0. The van der Waals surface area contributed by atoms with Gasteiger partial charge in [-0.15, -0.1) is 0 Å². The van der Waals surface area contributed by atoms with Crippen LogP contribution in [0.15, 0.2) is 12.2 Å². The fraction of sp³-hybridized carbons (Fsp3) is 0.800. The second-order valence-corrected chi connectivity index (χ2v) is 9.21. The highest BCUT2D eigenvalue weighted by Gasteiger charge is 2.67. The van der Waals surface area contributed by atoms with Crippen molar-refractivity contribution in [1.29, 1.82) is 0 Å². The van der Waals surface area contributed by atoms with Crippen LogP contribution in [0.5, 0.6) is 0 Å². The van der Waals surface area contributed by atoms with E-state index in [1.54, 1.807) is 0 Å². The van der Waals surface area contributed by atoms with Crippen molar-refractivity contribution in [1.82, 2.24) is 0 Å². The fourth-order valence-electron chi connectivity index (χ4n) is 7.37. The van der Waals surface area contributed by atoms with E-state index in [1.165, 1.54) is 0 Å². The molecule has 0 unspecified atom stereocenters. The van der Waals surface area contributed by atoms with Crippen LogP contribution in [0.4, 0.5) is 0 Å². The minimum atomic E-state index is -0.639. The molecule has 1 N–H and O–H groups in total. The minimum absolute atomic E-state index is 0.00507. The number of rotatable bonds is 1. The van der Waals surface area contributed by atoms with E-state index in [0.29, 0.717) is 17.6 Å². The number of carbonyl (C=O) groups is 2. The molecule has 0 aromatic rings. The number of aliphatic carboxylic acids is 1. The first-order chi connectivity index (χ1) is 10.8. The average molecular weight is 316 g/mol. The second-order valence-electron chi connectivity index (χ2n) is 9.21. The zero-order valence-corrected chi connectivity index (χ0v) is 14.4. The van der Waals surface area contributed by atoms with E-state index in [0.717, 1.165) is 56.9 Å². The Morgan fingerprint density at radius 3 is 2.57 bits per heavy atom. The van der Waals surface area contributed by atoms with E-state index in [2.05, 4.69) is 13.5 Å². The molecule has 2 bridgehead atoms. The normalized spacial score (nSPS) is 52.0. The molecule has 4 fully saturated rings. The van der Waals surface area contributed by atoms with Crippen LogP contribution in [0.2, 0.25) is 0 Å². The molecule has 0 aliphatic heterocycles. The number of carbonyl (C=O) groups excluding carboxylic acids is 1. The van der Waals surface area contributed by atoms with Crippen LogP contribution in [0, 0.1) is 34.0 Å². The summed E-state index contributed by atoms with van der Waals surface area (Å²) in [4.78, 5) is 25.1. The third-order valence-corrected chi connectivity index (χ3v) is 8.46. The maximum absolute atomic E-state index is 13.0. The number of fused-ring (bicyclic) bond motifs is 3. The molecule has 0 radical (unpaired) electrons. The van der Waals surface area contributed by atoms with Crippen LogP contribution in [-0.4, -0.2) is 16.9 Å². The standard InChI is InChI=1S/C20H28O3/c1-12-13-5-6-15-18(2)8-4-9-19(3,17(22)23)14(18)7-10-20(15,11-13)16(12)21/h13-15H,1,4-11H2,2-3H3,(H,22,23)/t13-,14-,15-,18+,19-,20+/m0/s1. The molecule has 0 saturated heterocycles. The number of ketones is 1. The molecule has 23 heavy (non-hydrogen) atoms. The lowest BCUT2D eigenvalue weighted by Crippen LogP contribution is -2.59. The third kappa shape index (κ3) is 1.66. The van der Waals surface area contributed by atoms with E-state index in [-0.39, 0.29) is 16.7 Å². The number of hydrogen-bond acceptors (Lipinski definition) is 2. The lowest BCUT2D eigenvalue weighted by atomic mass is 9.41. The Labute approximate surface area is 138 Å². The van der Waals surface area contributed by atoms with Crippen molar-refractivity contribution in [3.8, 4) is 0 Å². The van der Waals surface area contributed by atoms with Crippen LogP contribution >= 0.6 is 0 Å². The molecule has 4 aliphatic carbocycles. The maximum atomic E-state index is 13.0. The van der Waals surface area contributed by atoms with E-state index < -0.39 is 11.4 Å². The Morgan fingerprint density at radius 2 is 1.87 bits per heavy atom. The van der Waals surface area contributed by atoms with Crippen molar-refractivity contribution in [2.45, 2.75) is 65.2 Å². The van der Waals surface area contributed by atoms with E-state index >= 15 is 0 Å². The summed E-state index contributed by atoms with van der Waals surface area (Å²) in [6.07, 6.45) is 7.75. The summed E-state index contributed by atoms with van der Waals surface area (Å²) in [5.41, 5.74) is 0.0347. The van der Waals surface area contributed by atoms with Gasteiger partial charge in [-0.2, -0.15) is 0 Å². The minimum Gasteiger partial charge on any atom is -0.481 e. The van der Waals surface area contributed by atoms with Gasteiger partial charge in [-0.3, -0.25) is 9.59 Å². The highest BCUT2D eigenvalue weighted by Crippen LogP contribution is 2.71. The van der Waals surface area contributed by atoms with E-state index in [9.17, 15) is 14.7 Å². The quantitative estimate of drug-likeness (QED) is 0.737. The van der Waals surface area contributed by atoms with Crippen molar-refractivity contribution < 1.29 is 14.7 Å². The molecule has 0 amide bonds. The molecule has 3 heteroatoms. The maximum Gasteiger partial charge on any atom is 0.309 e. The molecule has 6 atom stereocenters. The molecule has 4 saturated carbocycles. The van der Waals surface area contributed by atoms with Crippen molar-refractivity contribution in [2.24, 2.45) is 34.0 Å². The second kappa shape index (κ2) is 4.49. The number of Topliss-reactive ketones (excluding diaryl/α,β-unsaturated/α-hetero) is 1. The van der Waals surface area contributed by atoms with Crippen LogP contribution in [0.3, 0.4) is 0 Å². The number of hydrogen-bond donors (Lipinski definition) is 1. The molecule has 0 heterocycles. The molecule has 0 aromatic heterocycles. The molecule has 126 valence electrons. The van der Waals surface area contributed by atoms with Gasteiger partial charge in [-0.1, -0.05) is 19.9 Å². The Morgan fingerprint density at radius 1 is 1.13 bits per heavy atom. The third-order valence-electron chi connectivity index (χ3n) is 8.46. The number of allylic oxidation sites excluding steroid dienone is 1. The lowest BCUT2D eigenvalue weighted by Gasteiger charge is -2.62. The fourth-order valence-corrected chi connectivity index (χ4v) is 7.37. The van der Waals surface area contributed by atoms with Gasteiger partial charge >= 0.3 is 5.97 Å². The average Bonchev–Trinajstić information content (AvgIpc) is 2.68. The Hall–Kier alpha value is -1.12. The van der Waals surface area contributed by atoms with Crippen molar-refractivity contribution >= 4 is 11.8 Å². The number of carboxylic acids is 1. The lowest BCUT2D eigenvalue weighted by molar-refractivity contribution is -0.182. The zero-order chi connectivity index (χ0) is 16.6. The summed E-state index contributed by atoms with van der Waals surface area (Å²) in [6, 6.07) is 0. The van der Waals surface area contributed by atoms with Gasteiger partial charge in [0.1, 0.15) is 0 Å². The van der Waals surface area contributed by atoms with Crippen molar-refractivity contribution in [3.63, 3.8) is 0 Å². The first kappa shape index (κ1) is 15.4. The van der Waals surface area contributed by atoms with Gasteiger partial charge in [0, 0.05) is 5.41 Å². The predicted octanol–water partition coefficient (Wildman–Crippen LogP) is 4.22. The van der Waals surface area contributed by atoms with Gasteiger partial charge in [-0.05, 0) is 80.6 Å². The molecule has 0 aromatic carbocycles. The summed E-state index contributed by atoms with van der Waals surface area (Å²) in [5, 5.41) is 9.89. The first-order valence-corrected chi connectivity index (χ1v) is 9.23. The molecule has 4 rings (SSSR count). The molecule has 1 spiro atoms. The molecule has 4 aliphatic rings. The first-order valence-electron chi connectivity index (χ1n) is 9.23. The van der Waals surface area contributed by atoms with Crippen molar-refractivity contribution in [3.05, 3.63) is 12.2 Å².